The number of aryl methyl sites for hydroxylation is 1. The summed E-state index contributed by atoms with van der Waals surface area (Å²) in [6, 6.07) is 5.43. The Kier molecular flexibility index (Phi) is 4.87. The molecule has 0 saturated carbocycles. The summed E-state index contributed by atoms with van der Waals surface area (Å²) < 4.78 is 79.5. The van der Waals surface area contributed by atoms with Crippen LogP contribution in [0.1, 0.15) is 48.1 Å². The molecule has 0 saturated heterocycles. The van der Waals surface area contributed by atoms with E-state index < -0.39 is 23.5 Å². The van der Waals surface area contributed by atoms with Crippen LogP contribution >= 0.6 is 0 Å². The van der Waals surface area contributed by atoms with Crippen LogP contribution in [-0.4, -0.2) is 0 Å². The zero-order valence-corrected chi connectivity index (χ0v) is 14.7. The number of hydrogen-bond acceptors (Lipinski definition) is 0. The van der Waals surface area contributed by atoms with E-state index in [0.29, 0.717) is 17.5 Å². The maximum atomic E-state index is 13.3. The minimum Gasteiger partial charge on any atom is -0.166 e. The van der Waals surface area contributed by atoms with Crippen molar-refractivity contribution in [2.24, 2.45) is 0 Å². The Morgan fingerprint density at radius 3 is 1.96 bits per heavy atom. The molecule has 2 aromatic rings. The van der Waals surface area contributed by atoms with Gasteiger partial charge in [0.2, 0.25) is 0 Å². The SMILES string of the molecule is CCCc1ccc2c(c1-c1cc(C(F)(F)F)cc(C(F)(F)F)c1)C=C(C)[CH]2. The molecule has 0 spiro atoms. The molecule has 0 bridgehead atoms. The first-order valence-electron chi connectivity index (χ1n) is 8.49. The lowest BCUT2D eigenvalue weighted by Crippen LogP contribution is -2.11. The molecular weight excluding hydrogens is 366 g/mol. The lowest BCUT2D eigenvalue weighted by Gasteiger charge is -2.18. The van der Waals surface area contributed by atoms with Gasteiger partial charge in [-0.1, -0.05) is 37.1 Å². The van der Waals surface area contributed by atoms with E-state index in [1.807, 2.05) is 26.3 Å². The van der Waals surface area contributed by atoms with Crippen LogP contribution < -0.4 is 0 Å². The Morgan fingerprint density at radius 1 is 0.852 bits per heavy atom. The third kappa shape index (κ3) is 3.89. The van der Waals surface area contributed by atoms with E-state index in [1.54, 1.807) is 12.1 Å². The van der Waals surface area contributed by atoms with Gasteiger partial charge >= 0.3 is 12.4 Å². The quantitative estimate of drug-likeness (QED) is 0.487. The topological polar surface area (TPSA) is 0 Å². The van der Waals surface area contributed by atoms with E-state index in [-0.39, 0.29) is 11.6 Å². The van der Waals surface area contributed by atoms with Gasteiger partial charge in [0.05, 0.1) is 11.1 Å². The van der Waals surface area contributed by atoms with Crippen LogP contribution in [0.4, 0.5) is 26.3 Å². The maximum absolute atomic E-state index is 13.3. The van der Waals surface area contributed by atoms with Gasteiger partial charge in [-0.3, -0.25) is 0 Å². The number of benzene rings is 2. The number of alkyl halides is 6. The van der Waals surface area contributed by atoms with Crippen molar-refractivity contribution in [3.8, 4) is 11.1 Å². The minimum atomic E-state index is -4.86. The predicted molar refractivity (Wildman–Crippen MR) is 92.9 cm³/mol. The first kappa shape index (κ1) is 19.5. The molecule has 0 unspecified atom stereocenters. The molecule has 0 aromatic heterocycles. The van der Waals surface area contributed by atoms with Gasteiger partial charge in [-0.2, -0.15) is 26.3 Å². The normalized spacial score (nSPS) is 14.3. The molecule has 3 rings (SSSR count). The summed E-state index contributed by atoms with van der Waals surface area (Å²) in [5.41, 5.74) is 0.908. The molecule has 6 heteroatoms. The van der Waals surface area contributed by atoms with Crippen molar-refractivity contribution in [1.82, 2.24) is 0 Å². The van der Waals surface area contributed by atoms with E-state index in [2.05, 4.69) is 0 Å². The van der Waals surface area contributed by atoms with Crippen LogP contribution in [-0.2, 0) is 18.8 Å². The van der Waals surface area contributed by atoms with Crippen molar-refractivity contribution in [2.75, 3.05) is 0 Å². The standard InChI is InChI=1S/C21H17F6/c1-3-4-13-5-6-14-7-12(2)8-18(14)19(13)15-9-16(20(22,23)24)11-17(10-15)21(25,26)27/h5-11H,3-4H2,1-2H3. The van der Waals surface area contributed by atoms with Gasteiger partial charge < -0.3 is 0 Å². The average molecular weight is 383 g/mol. The highest BCUT2D eigenvalue weighted by Crippen LogP contribution is 2.43. The molecule has 1 aliphatic rings. The summed E-state index contributed by atoms with van der Waals surface area (Å²) in [6.07, 6.45) is -4.77. The monoisotopic (exact) mass is 383 g/mol. The lowest BCUT2D eigenvalue weighted by molar-refractivity contribution is -0.143. The molecular formula is C21H17F6. The predicted octanol–water partition coefficient (Wildman–Crippen LogP) is 7.31. The molecule has 0 fully saturated rings. The van der Waals surface area contributed by atoms with Gasteiger partial charge in [-0.15, -0.1) is 0 Å². The fourth-order valence-electron chi connectivity index (χ4n) is 3.39. The smallest absolute Gasteiger partial charge is 0.166 e. The fraction of sp³-hybridized carbons (Fsp3) is 0.286. The third-order valence-corrected chi connectivity index (χ3v) is 4.52. The molecule has 0 N–H and O–H groups in total. The molecule has 0 nitrogen and oxygen atoms in total. The summed E-state index contributed by atoms with van der Waals surface area (Å²) in [6.45, 7) is 3.76. The van der Waals surface area contributed by atoms with E-state index in [4.69, 9.17) is 0 Å². The van der Waals surface area contributed by atoms with E-state index in [9.17, 15) is 26.3 Å². The van der Waals surface area contributed by atoms with Crippen LogP contribution in [0.5, 0.6) is 0 Å². The van der Waals surface area contributed by atoms with E-state index in [1.165, 1.54) is 0 Å². The summed E-state index contributed by atoms with van der Waals surface area (Å²) in [7, 11) is 0. The molecule has 2 aromatic carbocycles. The molecule has 0 atom stereocenters. The molecule has 0 heterocycles. The zero-order valence-electron chi connectivity index (χ0n) is 14.7. The van der Waals surface area contributed by atoms with Crippen molar-refractivity contribution >= 4 is 6.08 Å². The summed E-state index contributed by atoms with van der Waals surface area (Å²) in [5.74, 6) is 0. The van der Waals surface area contributed by atoms with Crippen molar-refractivity contribution < 1.29 is 26.3 Å². The third-order valence-electron chi connectivity index (χ3n) is 4.52. The minimum absolute atomic E-state index is 0.0585. The van der Waals surface area contributed by atoms with Gasteiger partial charge in [-0.05, 0) is 59.4 Å². The highest BCUT2D eigenvalue weighted by atomic mass is 19.4. The van der Waals surface area contributed by atoms with Crippen LogP contribution in [0.2, 0.25) is 0 Å². The molecule has 1 aliphatic carbocycles. The largest absolute Gasteiger partial charge is 0.416 e. The first-order chi connectivity index (χ1) is 12.5. The molecule has 1 radical (unpaired) electrons. The highest BCUT2D eigenvalue weighted by Gasteiger charge is 2.37. The first-order valence-corrected chi connectivity index (χ1v) is 8.49. The number of fused-ring (bicyclic) bond motifs is 1. The maximum Gasteiger partial charge on any atom is 0.416 e. The van der Waals surface area contributed by atoms with Gasteiger partial charge in [0.1, 0.15) is 0 Å². The number of halogens is 6. The second kappa shape index (κ2) is 6.73. The van der Waals surface area contributed by atoms with Crippen LogP contribution in [0.25, 0.3) is 17.2 Å². The Hall–Kier alpha value is -2.24. The molecule has 143 valence electrons. The average Bonchev–Trinajstić information content (AvgIpc) is 2.93. The van der Waals surface area contributed by atoms with E-state index in [0.717, 1.165) is 35.3 Å². The highest BCUT2D eigenvalue weighted by molar-refractivity contribution is 5.85. The molecule has 0 aliphatic heterocycles. The van der Waals surface area contributed by atoms with Gasteiger partial charge in [0.15, 0.2) is 0 Å². The van der Waals surface area contributed by atoms with Gasteiger partial charge in [0.25, 0.3) is 0 Å². The van der Waals surface area contributed by atoms with Gasteiger partial charge in [0, 0.05) is 6.42 Å². The second-order valence-electron chi connectivity index (χ2n) is 6.68. The number of hydrogen-bond donors (Lipinski definition) is 0. The number of rotatable bonds is 3. The van der Waals surface area contributed by atoms with Crippen LogP contribution in [0.15, 0.2) is 35.9 Å². The molecule has 27 heavy (non-hydrogen) atoms. The van der Waals surface area contributed by atoms with Crippen molar-refractivity contribution in [1.29, 1.82) is 0 Å². The Morgan fingerprint density at radius 2 is 1.44 bits per heavy atom. The summed E-state index contributed by atoms with van der Waals surface area (Å²) in [4.78, 5) is 0. The second-order valence-corrected chi connectivity index (χ2v) is 6.68. The fourth-order valence-corrected chi connectivity index (χ4v) is 3.39. The lowest BCUT2D eigenvalue weighted by atomic mass is 9.88. The summed E-state index contributed by atoms with van der Waals surface area (Å²) in [5, 5.41) is 0. The van der Waals surface area contributed by atoms with Crippen LogP contribution in [0.3, 0.4) is 0 Å². The Bertz CT molecular complexity index is 868. The van der Waals surface area contributed by atoms with Crippen molar-refractivity contribution in [2.45, 2.75) is 39.0 Å². The van der Waals surface area contributed by atoms with Crippen LogP contribution in [0, 0.1) is 6.42 Å². The Balaban J connectivity index is 2.32. The van der Waals surface area contributed by atoms with E-state index >= 15 is 0 Å². The van der Waals surface area contributed by atoms with Gasteiger partial charge in [-0.25, -0.2) is 0 Å². The van der Waals surface area contributed by atoms with Crippen molar-refractivity contribution in [3.63, 3.8) is 0 Å². The summed E-state index contributed by atoms with van der Waals surface area (Å²) >= 11 is 0. The van der Waals surface area contributed by atoms with Crippen molar-refractivity contribution in [3.05, 3.63) is 70.1 Å². The molecule has 0 amide bonds. The number of allylic oxidation sites excluding steroid dienone is 1. The Labute approximate surface area is 153 Å². The zero-order chi connectivity index (χ0) is 20.0.